The van der Waals surface area contributed by atoms with Gasteiger partial charge in [-0.05, 0) is 47.1 Å². The Morgan fingerprint density at radius 2 is 1.70 bits per heavy atom. The molecule has 0 saturated carbocycles. The highest BCUT2D eigenvalue weighted by molar-refractivity contribution is 6.01. The van der Waals surface area contributed by atoms with E-state index in [0.29, 0.717) is 17.8 Å². The summed E-state index contributed by atoms with van der Waals surface area (Å²) in [4.78, 5) is 13.6. The van der Waals surface area contributed by atoms with Crippen LogP contribution in [0.4, 0.5) is 0 Å². The van der Waals surface area contributed by atoms with Crippen molar-refractivity contribution >= 4 is 22.8 Å². The van der Waals surface area contributed by atoms with Gasteiger partial charge in [-0.1, -0.05) is 93.6 Å². The summed E-state index contributed by atoms with van der Waals surface area (Å²) < 4.78 is 1.67. The van der Waals surface area contributed by atoms with E-state index in [0.717, 1.165) is 40.7 Å². The third-order valence-corrected chi connectivity index (χ3v) is 6.98. The summed E-state index contributed by atoms with van der Waals surface area (Å²) in [7, 11) is 0. The molecule has 4 aromatic rings. The molecule has 1 aliphatic carbocycles. The number of rotatable bonds is 4. The average molecular weight is 435 g/mol. The number of hydrogen-bond acceptors (Lipinski definition) is 2. The van der Waals surface area contributed by atoms with Crippen molar-refractivity contribution in [1.82, 2.24) is 9.78 Å². The summed E-state index contributed by atoms with van der Waals surface area (Å²) in [5, 5.41) is 7.34. The predicted octanol–water partition coefficient (Wildman–Crippen LogP) is 7.69. The number of nitrogens with zero attached hydrogens (tertiary/aromatic N) is 2. The molecule has 5 rings (SSSR count). The highest BCUT2D eigenvalue weighted by Crippen LogP contribution is 2.47. The Hall–Kier alpha value is -3.46. The van der Waals surface area contributed by atoms with Gasteiger partial charge in [0.05, 0.1) is 11.4 Å². The van der Waals surface area contributed by atoms with Gasteiger partial charge in [-0.2, -0.15) is 9.78 Å². The first kappa shape index (κ1) is 21.4. The van der Waals surface area contributed by atoms with Crippen LogP contribution in [0.25, 0.3) is 28.1 Å². The first-order chi connectivity index (χ1) is 16.0. The summed E-state index contributed by atoms with van der Waals surface area (Å²) in [5.74, 6) is 1.11. The van der Waals surface area contributed by atoms with E-state index < -0.39 is 0 Å². The molecule has 0 saturated heterocycles. The van der Waals surface area contributed by atoms with Crippen molar-refractivity contribution in [3.8, 4) is 11.3 Å². The average Bonchev–Trinajstić information content (AvgIpc) is 3.24. The molecule has 1 aromatic heterocycles. The molecule has 33 heavy (non-hydrogen) atoms. The van der Waals surface area contributed by atoms with Crippen molar-refractivity contribution in [1.29, 1.82) is 0 Å². The fourth-order valence-electron chi connectivity index (χ4n) is 5.22. The minimum absolute atomic E-state index is 0.106. The lowest BCUT2D eigenvalue weighted by Crippen LogP contribution is -2.17. The van der Waals surface area contributed by atoms with Gasteiger partial charge in [0.2, 0.25) is 0 Å². The maximum absolute atomic E-state index is 13.6. The highest BCUT2D eigenvalue weighted by atomic mass is 16.2. The minimum Gasteiger partial charge on any atom is -0.267 e. The van der Waals surface area contributed by atoms with Crippen molar-refractivity contribution in [3.63, 3.8) is 0 Å². The molecule has 0 fully saturated rings. The number of fused-ring (bicyclic) bond motifs is 2. The molecule has 1 heterocycles. The zero-order chi connectivity index (χ0) is 22.9. The molecular formula is C30H30N2O. The molecule has 0 bridgehead atoms. The first-order valence-electron chi connectivity index (χ1n) is 11.9. The van der Waals surface area contributed by atoms with E-state index >= 15 is 0 Å². The van der Waals surface area contributed by atoms with Crippen LogP contribution in [0.2, 0.25) is 0 Å². The second kappa shape index (κ2) is 8.82. The van der Waals surface area contributed by atoms with Crippen LogP contribution >= 0.6 is 0 Å². The second-order valence-corrected chi connectivity index (χ2v) is 9.50. The summed E-state index contributed by atoms with van der Waals surface area (Å²) >= 11 is 0. The molecule has 0 amide bonds. The highest BCUT2D eigenvalue weighted by Gasteiger charge is 2.35. The molecule has 3 nitrogen and oxygen atoms in total. The molecule has 166 valence electrons. The Bertz CT molecular complexity index is 1320. The minimum atomic E-state index is -0.106. The normalized spacial score (nSPS) is 18.2. The van der Waals surface area contributed by atoms with E-state index in [1.807, 2.05) is 36.4 Å². The third kappa shape index (κ3) is 3.93. The number of hydrogen-bond donors (Lipinski definition) is 0. The van der Waals surface area contributed by atoms with Crippen LogP contribution < -0.4 is 0 Å². The quantitative estimate of drug-likeness (QED) is 0.309. The van der Waals surface area contributed by atoms with Crippen LogP contribution in [-0.4, -0.2) is 15.7 Å². The third-order valence-electron chi connectivity index (χ3n) is 6.98. The van der Waals surface area contributed by atoms with Crippen molar-refractivity contribution < 1.29 is 4.79 Å². The van der Waals surface area contributed by atoms with Crippen LogP contribution in [0, 0.1) is 5.92 Å². The Balaban J connectivity index is 1.73. The molecule has 0 radical (unpaired) electrons. The van der Waals surface area contributed by atoms with E-state index in [1.54, 1.807) is 10.8 Å². The number of benzene rings is 3. The maximum atomic E-state index is 13.6. The summed E-state index contributed by atoms with van der Waals surface area (Å²) in [5.41, 5.74) is 5.40. The first-order valence-corrected chi connectivity index (χ1v) is 11.9. The fraction of sp³-hybridized carbons (Fsp3) is 0.267. The van der Waals surface area contributed by atoms with Crippen LogP contribution in [-0.2, 0) is 0 Å². The topological polar surface area (TPSA) is 34.9 Å². The summed E-state index contributed by atoms with van der Waals surface area (Å²) in [6.45, 7) is 6.80. The fourth-order valence-corrected chi connectivity index (χ4v) is 5.22. The van der Waals surface area contributed by atoms with Crippen molar-refractivity contribution in [2.45, 2.75) is 45.4 Å². The molecule has 0 aliphatic heterocycles. The van der Waals surface area contributed by atoms with Gasteiger partial charge in [-0.25, -0.2) is 0 Å². The lowest BCUT2D eigenvalue weighted by Gasteiger charge is -2.29. The van der Waals surface area contributed by atoms with Crippen molar-refractivity contribution in [2.75, 3.05) is 0 Å². The number of allylic oxidation sites excluding steroid dienone is 1. The van der Waals surface area contributed by atoms with Gasteiger partial charge in [0, 0.05) is 23.1 Å². The number of carbonyl (C=O) groups is 1. The molecule has 2 atom stereocenters. The molecule has 0 spiro atoms. The van der Waals surface area contributed by atoms with E-state index in [2.05, 4.69) is 63.2 Å². The molecule has 3 heteroatoms. The van der Waals surface area contributed by atoms with E-state index in [1.165, 1.54) is 10.9 Å². The van der Waals surface area contributed by atoms with Crippen LogP contribution in [0.1, 0.15) is 67.1 Å². The van der Waals surface area contributed by atoms with Gasteiger partial charge in [-0.15, -0.1) is 0 Å². The van der Waals surface area contributed by atoms with Gasteiger partial charge >= 0.3 is 0 Å². The van der Waals surface area contributed by atoms with Gasteiger partial charge in [0.25, 0.3) is 5.91 Å². The molecular weight excluding hydrogens is 404 g/mol. The Labute approximate surface area is 195 Å². The van der Waals surface area contributed by atoms with Gasteiger partial charge < -0.3 is 0 Å². The zero-order valence-electron chi connectivity index (χ0n) is 19.5. The Morgan fingerprint density at radius 3 is 2.48 bits per heavy atom. The van der Waals surface area contributed by atoms with Gasteiger partial charge in [0.15, 0.2) is 0 Å². The molecule has 2 unspecified atom stereocenters. The molecule has 0 N–H and O–H groups in total. The molecule has 3 aromatic carbocycles. The SMILES string of the molecule is CC1CCC(C(C)C)c2nn(C(=O)C=Cc3ccccc3)c(-c3cccc4ccccc34)c21. The maximum Gasteiger partial charge on any atom is 0.271 e. The van der Waals surface area contributed by atoms with Crippen molar-refractivity contribution in [3.05, 3.63) is 95.7 Å². The second-order valence-electron chi connectivity index (χ2n) is 9.50. The lowest BCUT2D eigenvalue weighted by atomic mass is 9.75. The number of carbonyl (C=O) groups excluding carboxylic acids is 1. The van der Waals surface area contributed by atoms with Gasteiger partial charge in [0.1, 0.15) is 0 Å². The van der Waals surface area contributed by atoms with Crippen LogP contribution in [0.3, 0.4) is 0 Å². The smallest absolute Gasteiger partial charge is 0.267 e. The zero-order valence-corrected chi connectivity index (χ0v) is 19.5. The Kier molecular flexibility index (Phi) is 5.72. The van der Waals surface area contributed by atoms with Crippen LogP contribution in [0.5, 0.6) is 0 Å². The predicted molar refractivity (Wildman–Crippen MR) is 136 cm³/mol. The van der Waals surface area contributed by atoms with Crippen molar-refractivity contribution in [2.24, 2.45) is 5.92 Å². The lowest BCUT2D eigenvalue weighted by molar-refractivity contribution is 0.0956. The van der Waals surface area contributed by atoms with E-state index in [9.17, 15) is 4.79 Å². The molecule has 1 aliphatic rings. The van der Waals surface area contributed by atoms with E-state index in [4.69, 9.17) is 5.10 Å². The summed E-state index contributed by atoms with van der Waals surface area (Å²) in [6, 6.07) is 24.7. The monoisotopic (exact) mass is 434 g/mol. The standard InChI is InChI=1S/C30H30N2O/c1-20(2)24-18-16-21(3)28-29(24)31-32(27(33)19-17-22-10-5-4-6-11-22)30(28)26-15-9-13-23-12-7-8-14-25(23)26/h4-15,17,19-21,24H,16,18H2,1-3H3. The summed E-state index contributed by atoms with van der Waals surface area (Å²) in [6.07, 6.45) is 5.76. The Morgan fingerprint density at radius 1 is 0.970 bits per heavy atom. The van der Waals surface area contributed by atoms with Crippen LogP contribution in [0.15, 0.2) is 78.9 Å². The van der Waals surface area contributed by atoms with E-state index in [-0.39, 0.29) is 5.91 Å². The largest absolute Gasteiger partial charge is 0.271 e. The van der Waals surface area contributed by atoms with Gasteiger partial charge in [-0.3, -0.25) is 4.79 Å². The number of aromatic nitrogens is 2.